The summed E-state index contributed by atoms with van der Waals surface area (Å²) in [6.07, 6.45) is 3.06. The summed E-state index contributed by atoms with van der Waals surface area (Å²) in [6, 6.07) is 0. The second kappa shape index (κ2) is 12.0. The summed E-state index contributed by atoms with van der Waals surface area (Å²) in [4.78, 5) is 0. The first-order valence-corrected chi connectivity index (χ1v) is 16.4. The van der Waals surface area contributed by atoms with Crippen molar-refractivity contribution in [2.45, 2.75) is 127 Å². The van der Waals surface area contributed by atoms with Gasteiger partial charge in [-0.1, -0.05) is 39.8 Å². The summed E-state index contributed by atoms with van der Waals surface area (Å²) in [5.74, 6) is -0.849. The number of allylic oxidation sites excluding steroid dienone is 2. The Morgan fingerprint density at radius 2 is 1.55 bits per heavy atom. The minimum absolute atomic E-state index is 0.110. The van der Waals surface area contributed by atoms with Gasteiger partial charge in [0.15, 0.2) is 0 Å². The van der Waals surface area contributed by atoms with E-state index in [0.717, 1.165) is 19.3 Å². The van der Waals surface area contributed by atoms with Gasteiger partial charge in [-0.2, -0.15) is 0 Å². The molecule has 5 aliphatic rings. The van der Waals surface area contributed by atoms with Crippen LogP contribution in [0.1, 0.15) is 79.1 Å². The van der Waals surface area contributed by atoms with Crippen molar-refractivity contribution < 1.29 is 45.6 Å². The number of aliphatic hydroxyl groups excluding tert-OH is 7. The summed E-state index contributed by atoms with van der Waals surface area (Å²) in [5.41, 5.74) is -2.06. The maximum atomic E-state index is 12.4. The van der Waals surface area contributed by atoms with E-state index in [-0.39, 0.29) is 54.0 Å². The zero-order valence-corrected chi connectivity index (χ0v) is 25.8. The zero-order valence-electron chi connectivity index (χ0n) is 25.8. The monoisotopic (exact) mass is 596 g/mol. The molecule has 0 spiro atoms. The van der Waals surface area contributed by atoms with Gasteiger partial charge in [0, 0.05) is 37.4 Å². The summed E-state index contributed by atoms with van der Waals surface area (Å²) in [7, 11) is 0. The molecule has 0 saturated heterocycles. The maximum Gasteiger partial charge on any atom is 0.106 e. The van der Waals surface area contributed by atoms with E-state index in [2.05, 4.69) is 39.8 Å². The summed E-state index contributed by atoms with van der Waals surface area (Å²) in [6.45, 7) is 8.78. The van der Waals surface area contributed by atoms with E-state index < -0.39 is 59.7 Å². The predicted octanol–water partition coefficient (Wildman–Crippen LogP) is 1.37. The van der Waals surface area contributed by atoms with E-state index in [1.54, 1.807) is 0 Å². The molecular weight excluding hydrogens is 540 g/mol. The van der Waals surface area contributed by atoms with E-state index >= 15 is 0 Å². The molecule has 5 rings (SSSR count). The van der Waals surface area contributed by atoms with Crippen molar-refractivity contribution >= 4 is 0 Å². The fourth-order valence-electron chi connectivity index (χ4n) is 10.9. The van der Waals surface area contributed by atoms with Crippen LogP contribution >= 0.6 is 0 Å². The smallest absolute Gasteiger partial charge is 0.106 e. The van der Waals surface area contributed by atoms with E-state index in [1.165, 1.54) is 0 Å². The number of ether oxygens (including phenoxy) is 1. The van der Waals surface area contributed by atoms with Gasteiger partial charge in [0.25, 0.3) is 0 Å². The van der Waals surface area contributed by atoms with Crippen molar-refractivity contribution in [3.8, 4) is 0 Å². The molecule has 3 unspecified atom stereocenters. The Balaban J connectivity index is 1.23. The quantitative estimate of drug-likeness (QED) is 0.193. The van der Waals surface area contributed by atoms with Crippen LogP contribution in [0.2, 0.25) is 0 Å². The Kier molecular flexibility index (Phi) is 9.32. The lowest BCUT2D eigenvalue weighted by Gasteiger charge is -2.66. The van der Waals surface area contributed by atoms with E-state index in [9.17, 15) is 40.9 Å². The van der Waals surface area contributed by atoms with Crippen LogP contribution in [0, 0.1) is 52.3 Å². The molecule has 9 nitrogen and oxygen atoms in total. The molecule has 0 amide bonds. The molecule has 0 aliphatic heterocycles. The first-order chi connectivity index (χ1) is 19.7. The molecule has 0 heterocycles. The van der Waals surface area contributed by atoms with E-state index in [4.69, 9.17) is 4.74 Å². The van der Waals surface area contributed by atoms with Crippen molar-refractivity contribution in [1.82, 2.24) is 0 Å². The molecular formula is C33H56O9. The average molecular weight is 597 g/mol. The normalized spacial score (nSPS) is 53.9. The molecule has 242 valence electrons. The van der Waals surface area contributed by atoms with Gasteiger partial charge >= 0.3 is 0 Å². The summed E-state index contributed by atoms with van der Waals surface area (Å²) >= 11 is 0. The van der Waals surface area contributed by atoms with E-state index in [0.29, 0.717) is 32.3 Å². The van der Waals surface area contributed by atoms with E-state index in [1.807, 2.05) is 0 Å². The fraction of sp³-hybridized carbons (Fsp3) is 0.939. The number of rotatable bonds is 8. The van der Waals surface area contributed by atoms with Crippen LogP contribution in [0.15, 0.2) is 12.2 Å². The SMILES string of the molecule is C[C@H](C/C=C/[C@@H](C)[C@H]1C[C@@H](O)C2[C@]3(O)C[C@H](O)C4[C@@H](O)[C@@H](O)CC[C@]4(C)C3CC[C@@]21C)CO[C@H]1C[C@H](CO)[C@@H](O)[C@@H]1O. The highest BCUT2D eigenvalue weighted by Crippen LogP contribution is 2.69. The van der Waals surface area contributed by atoms with Crippen LogP contribution in [-0.4, -0.2) is 102 Å². The van der Waals surface area contributed by atoms with Gasteiger partial charge in [0.2, 0.25) is 0 Å². The zero-order chi connectivity index (χ0) is 30.8. The Labute approximate surface area is 250 Å². The van der Waals surface area contributed by atoms with Crippen LogP contribution in [0.25, 0.3) is 0 Å². The van der Waals surface area contributed by atoms with Gasteiger partial charge in [-0.25, -0.2) is 0 Å². The van der Waals surface area contributed by atoms with Gasteiger partial charge in [0.1, 0.15) is 6.10 Å². The third-order valence-corrected chi connectivity index (χ3v) is 13.0. The number of aliphatic hydroxyl groups is 8. The lowest BCUT2D eigenvalue weighted by Crippen LogP contribution is -2.70. The molecule has 0 radical (unpaired) electrons. The van der Waals surface area contributed by atoms with Crippen LogP contribution < -0.4 is 0 Å². The molecule has 9 heteroatoms. The molecule has 0 aromatic rings. The second-order valence-corrected chi connectivity index (χ2v) is 15.5. The van der Waals surface area contributed by atoms with Gasteiger partial charge in [-0.05, 0) is 79.4 Å². The topological polar surface area (TPSA) is 171 Å². The lowest BCUT2D eigenvalue weighted by molar-refractivity contribution is -0.280. The average Bonchev–Trinajstić information content (AvgIpc) is 3.36. The molecule has 42 heavy (non-hydrogen) atoms. The number of hydrogen-bond donors (Lipinski definition) is 8. The van der Waals surface area contributed by atoms with Crippen molar-refractivity contribution in [2.75, 3.05) is 13.2 Å². The third kappa shape index (κ3) is 5.22. The molecule has 0 aromatic carbocycles. The summed E-state index contributed by atoms with van der Waals surface area (Å²) < 4.78 is 5.90. The first-order valence-electron chi connectivity index (χ1n) is 16.4. The Hall–Kier alpha value is -0.620. The van der Waals surface area contributed by atoms with Gasteiger partial charge < -0.3 is 45.6 Å². The Morgan fingerprint density at radius 1 is 0.857 bits per heavy atom. The van der Waals surface area contributed by atoms with Crippen molar-refractivity contribution in [3.05, 3.63) is 12.2 Å². The minimum atomic E-state index is -1.24. The molecule has 5 fully saturated rings. The highest BCUT2D eigenvalue weighted by atomic mass is 16.5. The van der Waals surface area contributed by atoms with Crippen LogP contribution in [0.4, 0.5) is 0 Å². The van der Waals surface area contributed by atoms with Crippen molar-refractivity contribution in [2.24, 2.45) is 52.3 Å². The van der Waals surface area contributed by atoms with Crippen molar-refractivity contribution in [1.29, 1.82) is 0 Å². The van der Waals surface area contributed by atoms with Crippen LogP contribution in [0.5, 0.6) is 0 Å². The number of hydrogen-bond acceptors (Lipinski definition) is 9. The second-order valence-electron chi connectivity index (χ2n) is 15.5. The largest absolute Gasteiger partial charge is 0.396 e. The highest BCUT2D eigenvalue weighted by Gasteiger charge is 2.71. The van der Waals surface area contributed by atoms with Crippen molar-refractivity contribution in [3.63, 3.8) is 0 Å². The van der Waals surface area contributed by atoms with Crippen LogP contribution in [-0.2, 0) is 4.74 Å². The molecule has 8 N–H and O–H groups in total. The van der Waals surface area contributed by atoms with Gasteiger partial charge in [-0.3, -0.25) is 0 Å². The molecule has 5 aliphatic carbocycles. The highest BCUT2D eigenvalue weighted by molar-refractivity contribution is 5.21. The maximum absolute atomic E-state index is 12.4. The Morgan fingerprint density at radius 3 is 2.21 bits per heavy atom. The standard InChI is InChI=1S/C33H56O9/c1-17(16-42-24-12-19(15-34)27(38)29(24)40)6-5-7-18(2)20-13-22(36)30-31(20,3)11-9-25-32(4)10-8-21(35)28(39)26(32)23(37)14-33(25,30)41/h5,7,17-30,34-41H,6,8-16H2,1-4H3/b7-5+/t17-,18-,19-,20-,21+,22-,23+,24+,25?,26?,27-,28+,29-,30?,31-,32-,33+/m1/s1. The fourth-order valence-corrected chi connectivity index (χ4v) is 10.9. The van der Waals surface area contributed by atoms with Crippen LogP contribution in [0.3, 0.4) is 0 Å². The minimum Gasteiger partial charge on any atom is -0.396 e. The lowest BCUT2D eigenvalue weighted by atomic mass is 9.41. The first kappa shape index (κ1) is 32.8. The van der Waals surface area contributed by atoms with Gasteiger partial charge in [0.05, 0.1) is 42.2 Å². The molecule has 5 saturated carbocycles. The summed E-state index contributed by atoms with van der Waals surface area (Å²) in [5, 5.41) is 86.1. The molecule has 0 aromatic heterocycles. The Bertz CT molecular complexity index is 977. The molecule has 17 atom stereocenters. The predicted molar refractivity (Wildman–Crippen MR) is 156 cm³/mol. The third-order valence-electron chi connectivity index (χ3n) is 13.0. The number of fused-ring (bicyclic) bond motifs is 5. The van der Waals surface area contributed by atoms with Gasteiger partial charge in [-0.15, -0.1) is 0 Å². The molecule has 0 bridgehead atoms.